The Bertz CT molecular complexity index is 336. The molecular formula is C8H7F2NO. The van der Waals surface area contributed by atoms with Crippen LogP contribution in [0.25, 0.3) is 0 Å². The van der Waals surface area contributed by atoms with Crippen LogP contribution in [0.15, 0.2) is 6.07 Å². The number of benzene rings is 1. The van der Waals surface area contributed by atoms with E-state index in [1.807, 2.05) is 0 Å². The van der Waals surface area contributed by atoms with Crippen molar-refractivity contribution in [3.8, 4) is 5.75 Å². The smallest absolute Gasteiger partial charge is 0.165 e. The van der Waals surface area contributed by atoms with Crippen molar-refractivity contribution in [1.82, 2.24) is 0 Å². The Morgan fingerprint density at radius 2 is 2.08 bits per heavy atom. The van der Waals surface area contributed by atoms with E-state index in [1.165, 1.54) is 6.92 Å². The number of rotatable bonds is 1. The average molecular weight is 171 g/mol. The van der Waals surface area contributed by atoms with E-state index in [0.717, 1.165) is 12.3 Å². The van der Waals surface area contributed by atoms with E-state index in [4.69, 9.17) is 10.5 Å². The second-order valence-electron chi connectivity index (χ2n) is 2.38. The molecule has 1 aromatic rings. The number of hydrogen-bond donors (Lipinski definition) is 2. The fourth-order valence-electron chi connectivity index (χ4n) is 0.878. The molecule has 0 aliphatic rings. The van der Waals surface area contributed by atoms with Crippen LogP contribution in [0.5, 0.6) is 5.75 Å². The standard InChI is InChI=1S/C8H7F2NO/c1-4-7(10)6(9)2-5(3-11)8(4)12/h2-3,11-12H,1H3. The predicted molar refractivity (Wildman–Crippen MR) is 40.6 cm³/mol. The van der Waals surface area contributed by atoms with Gasteiger partial charge < -0.3 is 10.5 Å². The molecule has 0 aliphatic heterocycles. The van der Waals surface area contributed by atoms with E-state index >= 15 is 0 Å². The number of aromatic hydroxyl groups is 1. The Morgan fingerprint density at radius 3 is 2.58 bits per heavy atom. The first-order valence-corrected chi connectivity index (χ1v) is 3.26. The molecule has 0 saturated heterocycles. The monoisotopic (exact) mass is 171 g/mol. The third-order valence-electron chi connectivity index (χ3n) is 1.61. The van der Waals surface area contributed by atoms with Crippen molar-refractivity contribution in [3.05, 3.63) is 28.8 Å². The number of phenolic OH excluding ortho intramolecular Hbond substituents is 1. The van der Waals surface area contributed by atoms with Crippen LogP contribution >= 0.6 is 0 Å². The average Bonchev–Trinajstić information content (AvgIpc) is 2.08. The van der Waals surface area contributed by atoms with Gasteiger partial charge in [-0.1, -0.05) is 0 Å². The van der Waals surface area contributed by atoms with E-state index in [9.17, 15) is 8.78 Å². The maximum atomic E-state index is 12.7. The Labute approximate surface area is 68.0 Å². The van der Waals surface area contributed by atoms with Gasteiger partial charge in [0.05, 0.1) is 0 Å². The highest BCUT2D eigenvalue weighted by Crippen LogP contribution is 2.25. The molecule has 1 aromatic carbocycles. The zero-order valence-corrected chi connectivity index (χ0v) is 6.36. The molecule has 0 unspecified atom stereocenters. The van der Waals surface area contributed by atoms with Crippen molar-refractivity contribution in [2.45, 2.75) is 6.92 Å². The van der Waals surface area contributed by atoms with E-state index < -0.39 is 11.6 Å². The minimum Gasteiger partial charge on any atom is -0.507 e. The number of phenols is 1. The molecule has 1 rings (SSSR count). The van der Waals surface area contributed by atoms with Crippen molar-refractivity contribution >= 4 is 6.21 Å². The van der Waals surface area contributed by atoms with E-state index in [-0.39, 0.29) is 16.9 Å². The number of nitrogens with one attached hydrogen (secondary N) is 1. The van der Waals surface area contributed by atoms with Gasteiger partial charge in [0.25, 0.3) is 0 Å². The molecule has 2 N–H and O–H groups in total. The van der Waals surface area contributed by atoms with Crippen molar-refractivity contribution in [3.63, 3.8) is 0 Å². The Kier molecular flexibility index (Phi) is 2.08. The highest BCUT2D eigenvalue weighted by atomic mass is 19.2. The Hall–Kier alpha value is -1.45. The van der Waals surface area contributed by atoms with Crippen LogP contribution in [0, 0.1) is 24.0 Å². The van der Waals surface area contributed by atoms with Crippen LogP contribution in [0.2, 0.25) is 0 Å². The fraction of sp³-hybridized carbons (Fsp3) is 0.125. The lowest BCUT2D eigenvalue weighted by Crippen LogP contribution is -1.94. The summed E-state index contributed by atoms with van der Waals surface area (Å²) in [6.07, 6.45) is 0.769. The molecule has 4 heteroatoms. The van der Waals surface area contributed by atoms with E-state index in [2.05, 4.69) is 0 Å². The SMILES string of the molecule is Cc1c(O)c(C=N)cc(F)c1F. The summed E-state index contributed by atoms with van der Waals surface area (Å²) in [5.74, 6) is -2.51. The number of halogens is 2. The van der Waals surface area contributed by atoms with Gasteiger partial charge in [-0.3, -0.25) is 0 Å². The molecule has 0 aromatic heterocycles. The van der Waals surface area contributed by atoms with Crippen LogP contribution in [0.3, 0.4) is 0 Å². The molecule has 0 spiro atoms. The van der Waals surface area contributed by atoms with Gasteiger partial charge in [-0.05, 0) is 13.0 Å². The third kappa shape index (κ3) is 1.15. The van der Waals surface area contributed by atoms with Gasteiger partial charge in [0.1, 0.15) is 5.75 Å². The molecule has 0 fully saturated rings. The Balaban J connectivity index is 3.49. The molecule has 0 aliphatic carbocycles. The lowest BCUT2D eigenvalue weighted by Gasteiger charge is -2.04. The summed E-state index contributed by atoms with van der Waals surface area (Å²) in [5, 5.41) is 15.9. The minimum absolute atomic E-state index is 0.0219. The van der Waals surface area contributed by atoms with Gasteiger partial charge in [-0.25, -0.2) is 8.78 Å². The van der Waals surface area contributed by atoms with Gasteiger partial charge >= 0.3 is 0 Å². The van der Waals surface area contributed by atoms with E-state index in [1.54, 1.807) is 0 Å². The zero-order valence-electron chi connectivity index (χ0n) is 6.36. The number of hydrogen-bond acceptors (Lipinski definition) is 2. The molecule has 0 bridgehead atoms. The van der Waals surface area contributed by atoms with E-state index in [0.29, 0.717) is 0 Å². The van der Waals surface area contributed by atoms with Crippen LogP contribution in [-0.2, 0) is 0 Å². The van der Waals surface area contributed by atoms with Crippen LogP contribution in [-0.4, -0.2) is 11.3 Å². The largest absolute Gasteiger partial charge is 0.507 e. The summed E-state index contributed by atoms with van der Waals surface area (Å²) < 4.78 is 25.3. The van der Waals surface area contributed by atoms with Crippen molar-refractivity contribution in [2.75, 3.05) is 0 Å². The molecule has 0 heterocycles. The molecule has 0 atom stereocenters. The zero-order chi connectivity index (χ0) is 9.30. The fourth-order valence-corrected chi connectivity index (χ4v) is 0.878. The first-order valence-electron chi connectivity index (χ1n) is 3.26. The summed E-state index contributed by atoms with van der Waals surface area (Å²) >= 11 is 0. The highest BCUT2D eigenvalue weighted by Gasteiger charge is 2.12. The van der Waals surface area contributed by atoms with Gasteiger partial charge in [0.2, 0.25) is 0 Å². The van der Waals surface area contributed by atoms with Crippen molar-refractivity contribution < 1.29 is 13.9 Å². The summed E-state index contributed by atoms with van der Waals surface area (Å²) in [7, 11) is 0. The molecule has 2 nitrogen and oxygen atoms in total. The first kappa shape index (κ1) is 8.64. The van der Waals surface area contributed by atoms with Gasteiger partial charge in [-0.2, -0.15) is 0 Å². The van der Waals surface area contributed by atoms with Gasteiger partial charge in [-0.15, -0.1) is 0 Å². The topological polar surface area (TPSA) is 44.1 Å². The summed E-state index contributed by atoms with van der Waals surface area (Å²) in [6, 6.07) is 0.782. The predicted octanol–water partition coefficient (Wildman–Crippen LogP) is 1.98. The first-order chi connectivity index (χ1) is 5.57. The minimum atomic E-state index is -1.07. The quantitative estimate of drug-likeness (QED) is 0.623. The second kappa shape index (κ2) is 2.89. The van der Waals surface area contributed by atoms with Gasteiger partial charge in [0, 0.05) is 17.3 Å². The Morgan fingerprint density at radius 1 is 1.50 bits per heavy atom. The van der Waals surface area contributed by atoms with Crippen molar-refractivity contribution in [1.29, 1.82) is 5.41 Å². The maximum absolute atomic E-state index is 12.7. The van der Waals surface area contributed by atoms with Crippen LogP contribution in [0.1, 0.15) is 11.1 Å². The highest BCUT2D eigenvalue weighted by molar-refractivity contribution is 5.81. The van der Waals surface area contributed by atoms with Crippen LogP contribution < -0.4 is 0 Å². The maximum Gasteiger partial charge on any atom is 0.165 e. The molecule has 0 amide bonds. The lowest BCUT2D eigenvalue weighted by molar-refractivity contribution is 0.446. The molecule has 64 valence electrons. The second-order valence-corrected chi connectivity index (χ2v) is 2.38. The third-order valence-corrected chi connectivity index (χ3v) is 1.61. The van der Waals surface area contributed by atoms with Gasteiger partial charge in [0.15, 0.2) is 11.6 Å². The normalized spacial score (nSPS) is 9.92. The lowest BCUT2D eigenvalue weighted by atomic mass is 10.1. The molecular weight excluding hydrogens is 164 g/mol. The van der Waals surface area contributed by atoms with Crippen molar-refractivity contribution in [2.24, 2.45) is 0 Å². The van der Waals surface area contributed by atoms with Crippen LogP contribution in [0.4, 0.5) is 8.78 Å². The summed E-state index contributed by atoms with van der Waals surface area (Å²) in [5.41, 5.74) is -0.195. The molecule has 12 heavy (non-hydrogen) atoms. The molecule has 0 radical (unpaired) electrons. The summed E-state index contributed by atoms with van der Waals surface area (Å²) in [6.45, 7) is 1.25. The molecule has 0 saturated carbocycles. The summed E-state index contributed by atoms with van der Waals surface area (Å²) in [4.78, 5) is 0.